The molecule has 0 radical (unpaired) electrons. The van der Waals surface area contributed by atoms with Crippen LogP contribution in [0.3, 0.4) is 0 Å². The number of anilines is 1. The molecule has 21 heavy (non-hydrogen) atoms. The van der Waals surface area contributed by atoms with Crippen LogP contribution in [-0.2, 0) is 6.18 Å². The van der Waals surface area contributed by atoms with Gasteiger partial charge in [0.1, 0.15) is 5.82 Å². The first-order chi connectivity index (χ1) is 9.66. The van der Waals surface area contributed by atoms with Gasteiger partial charge in [-0.15, -0.1) is 10.2 Å². The Morgan fingerprint density at radius 2 is 1.71 bits per heavy atom. The van der Waals surface area contributed by atoms with Crippen molar-refractivity contribution in [2.45, 2.75) is 44.1 Å². The normalized spacial score (nSPS) is 23.9. The van der Waals surface area contributed by atoms with Gasteiger partial charge in [-0.25, -0.2) is 0 Å². The smallest absolute Gasteiger partial charge is 0.366 e. The summed E-state index contributed by atoms with van der Waals surface area (Å²) >= 11 is 0. The summed E-state index contributed by atoms with van der Waals surface area (Å²) < 4.78 is 74.9. The van der Waals surface area contributed by atoms with Gasteiger partial charge >= 0.3 is 12.4 Å². The van der Waals surface area contributed by atoms with Gasteiger partial charge in [-0.05, 0) is 31.4 Å². The number of hydrogen-bond donors (Lipinski definition) is 1. The Labute approximate surface area is 116 Å². The van der Waals surface area contributed by atoms with E-state index in [0.29, 0.717) is 12.8 Å². The van der Waals surface area contributed by atoms with E-state index in [1.807, 2.05) is 0 Å². The molecule has 0 amide bonds. The molecule has 0 spiro atoms. The average molecular weight is 313 g/mol. The molecule has 1 heterocycles. The second-order valence-electron chi connectivity index (χ2n) is 5.05. The van der Waals surface area contributed by atoms with Crippen molar-refractivity contribution in [1.82, 2.24) is 10.2 Å². The molecule has 1 N–H and O–H groups in total. The van der Waals surface area contributed by atoms with Gasteiger partial charge in [0.2, 0.25) is 0 Å². The van der Waals surface area contributed by atoms with E-state index in [-0.39, 0.29) is 18.7 Å². The number of aromatic nitrogens is 2. The van der Waals surface area contributed by atoms with Gasteiger partial charge in [0.15, 0.2) is 5.69 Å². The van der Waals surface area contributed by atoms with Crippen LogP contribution in [0.2, 0.25) is 0 Å². The zero-order valence-electron chi connectivity index (χ0n) is 10.8. The Hall–Kier alpha value is -1.54. The van der Waals surface area contributed by atoms with E-state index < -0.39 is 30.0 Å². The lowest BCUT2D eigenvalue weighted by atomic mass is 9.85. The Morgan fingerprint density at radius 3 is 2.24 bits per heavy atom. The zero-order chi connectivity index (χ0) is 15.7. The summed E-state index contributed by atoms with van der Waals surface area (Å²) in [5.41, 5.74) is -1.13. The highest BCUT2D eigenvalue weighted by Gasteiger charge is 2.42. The van der Waals surface area contributed by atoms with Crippen molar-refractivity contribution in [3.63, 3.8) is 0 Å². The monoisotopic (exact) mass is 313 g/mol. The van der Waals surface area contributed by atoms with Crippen molar-refractivity contribution >= 4 is 5.82 Å². The molecule has 0 bridgehead atoms. The number of nitrogens with one attached hydrogen (secondary N) is 1. The van der Waals surface area contributed by atoms with E-state index in [4.69, 9.17) is 0 Å². The summed E-state index contributed by atoms with van der Waals surface area (Å²) in [4.78, 5) is 0. The maximum atomic E-state index is 12.7. The van der Waals surface area contributed by atoms with Crippen molar-refractivity contribution in [3.8, 4) is 0 Å². The molecule has 1 aliphatic rings. The third-order valence-electron chi connectivity index (χ3n) is 3.44. The van der Waals surface area contributed by atoms with Crippen molar-refractivity contribution in [2.24, 2.45) is 5.92 Å². The van der Waals surface area contributed by atoms with Gasteiger partial charge in [-0.2, -0.15) is 26.3 Å². The summed E-state index contributed by atoms with van der Waals surface area (Å²) in [6, 6.07) is 1.36. The third-order valence-corrected chi connectivity index (χ3v) is 3.44. The molecule has 118 valence electrons. The summed E-state index contributed by atoms with van der Waals surface area (Å²) in [6.45, 7) is 0. The number of alkyl halides is 6. The second kappa shape index (κ2) is 5.69. The van der Waals surface area contributed by atoms with Crippen LogP contribution < -0.4 is 5.32 Å². The topological polar surface area (TPSA) is 37.8 Å². The lowest BCUT2D eigenvalue weighted by Crippen LogP contribution is -2.34. The fourth-order valence-corrected chi connectivity index (χ4v) is 2.39. The molecule has 1 aliphatic carbocycles. The molecule has 1 aromatic rings. The zero-order valence-corrected chi connectivity index (χ0v) is 10.8. The third kappa shape index (κ3) is 4.21. The SMILES string of the molecule is FC(F)(F)c1ccc(NC2CCCC(C(F)(F)F)C2)nn1. The van der Waals surface area contributed by atoms with Gasteiger partial charge in [-0.3, -0.25) is 0 Å². The average Bonchev–Trinajstić information content (AvgIpc) is 2.37. The van der Waals surface area contributed by atoms with E-state index in [9.17, 15) is 26.3 Å². The fourth-order valence-electron chi connectivity index (χ4n) is 2.39. The molecule has 2 atom stereocenters. The molecule has 0 aromatic carbocycles. The van der Waals surface area contributed by atoms with E-state index in [2.05, 4.69) is 15.5 Å². The molecular weight excluding hydrogens is 300 g/mol. The Bertz CT molecular complexity index is 467. The van der Waals surface area contributed by atoms with Gasteiger partial charge < -0.3 is 5.32 Å². The van der Waals surface area contributed by atoms with Gasteiger partial charge in [0.05, 0.1) is 5.92 Å². The maximum absolute atomic E-state index is 12.7. The molecule has 3 nitrogen and oxygen atoms in total. The van der Waals surface area contributed by atoms with Crippen LogP contribution in [0.1, 0.15) is 31.4 Å². The summed E-state index contributed by atoms with van der Waals surface area (Å²) in [6.07, 6.45) is -7.92. The quantitative estimate of drug-likeness (QED) is 0.838. The van der Waals surface area contributed by atoms with E-state index in [1.54, 1.807) is 0 Å². The second-order valence-corrected chi connectivity index (χ2v) is 5.05. The highest BCUT2D eigenvalue weighted by atomic mass is 19.4. The van der Waals surface area contributed by atoms with Gasteiger partial charge in [0, 0.05) is 6.04 Å². The highest BCUT2D eigenvalue weighted by molar-refractivity contribution is 5.34. The molecule has 0 saturated heterocycles. The number of halogens is 6. The Morgan fingerprint density at radius 1 is 1.00 bits per heavy atom. The molecular formula is C12H13F6N3. The minimum absolute atomic E-state index is 0.0517. The van der Waals surface area contributed by atoms with E-state index in [1.165, 1.54) is 0 Å². The van der Waals surface area contributed by atoms with Gasteiger partial charge in [0.25, 0.3) is 0 Å². The minimum Gasteiger partial charge on any atom is -0.366 e. The van der Waals surface area contributed by atoms with Gasteiger partial charge in [-0.1, -0.05) is 6.42 Å². The summed E-state index contributed by atoms with van der Waals surface area (Å²) in [5.74, 6) is -1.33. The molecule has 0 aliphatic heterocycles. The van der Waals surface area contributed by atoms with E-state index >= 15 is 0 Å². The first-order valence-corrected chi connectivity index (χ1v) is 6.40. The van der Waals surface area contributed by atoms with Crippen molar-refractivity contribution in [3.05, 3.63) is 17.8 Å². The van der Waals surface area contributed by atoms with Crippen LogP contribution in [0, 0.1) is 5.92 Å². The lowest BCUT2D eigenvalue weighted by molar-refractivity contribution is -0.182. The standard InChI is InChI=1S/C12H13F6N3/c13-11(14,15)7-2-1-3-8(6-7)19-10-5-4-9(20-21-10)12(16,17)18/h4-5,7-8H,1-3,6H2,(H,19,21). The Kier molecular flexibility index (Phi) is 4.29. The highest BCUT2D eigenvalue weighted by Crippen LogP contribution is 2.38. The first-order valence-electron chi connectivity index (χ1n) is 6.40. The maximum Gasteiger partial charge on any atom is 0.435 e. The predicted molar refractivity (Wildman–Crippen MR) is 62.5 cm³/mol. The van der Waals surface area contributed by atoms with Crippen LogP contribution in [0.25, 0.3) is 0 Å². The number of hydrogen-bond acceptors (Lipinski definition) is 3. The summed E-state index contributed by atoms with van der Waals surface area (Å²) in [7, 11) is 0. The first kappa shape index (κ1) is 15.8. The molecule has 1 saturated carbocycles. The van der Waals surface area contributed by atoms with Crippen LogP contribution in [0.4, 0.5) is 32.2 Å². The van der Waals surface area contributed by atoms with Crippen molar-refractivity contribution in [1.29, 1.82) is 0 Å². The van der Waals surface area contributed by atoms with Crippen LogP contribution in [0.5, 0.6) is 0 Å². The lowest BCUT2D eigenvalue weighted by Gasteiger charge is -2.31. The predicted octanol–water partition coefficient (Wildman–Crippen LogP) is 4.03. The molecule has 1 fully saturated rings. The number of nitrogens with zero attached hydrogens (tertiary/aromatic N) is 2. The minimum atomic E-state index is -4.59. The Balaban J connectivity index is 1.98. The van der Waals surface area contributed by atoms with Crippen molar-refractivity contribution < 1.29 is 26.3 Å². The largest absolute Gasteiger partial charge is 0.435 e. The van der Waals surface area contributed by atoms with Crippen molar-refractivity contribution in [2.75, 3.05) is 5.32 Å². The molecule has 2 unspecified atom stereocenters. The molecule has 1 aromatic heterocycles. The van der Waals surface area contributed by atoms with Crippen LogP contribution >= 0.6 is 0 Å². The summed E-state index contributed by atoms with van der Waals surface area (Å²) in [5, 5.41) is 9.11. The number of rotatable bonds is 2. The van der Waals surface area contributed by atoms with E-state index in [0.717, 1.165) is 12.1 Å². The van der Waals surface area contributed by atoms with Crippen LogP contribution in [-0.4, -0.2) is 22.4 Å². The molecule has 9 heteroatoms. The van der Waals surface area contributed by atoms with Crippen LogP contribution in [0.15, 0.2) is 12.1 Å². The molecule has 2 rings (SSSR count). The fraction of sp³-hybridized carbons (Fsp3) is 0.667.